The zero-order valence-corrected chi connectivity index (χ0v) is 15.6. The molecule has 3 rings (SSSR count). The largest absolute Gasteiger partial charge is 0.479 e. The Kier molecular flexibility index (Phi) is 6.58. The summed E-state index contributed by atoms with van der Waals surface area (Å²) in [7, 11) is 0. The molecule has 28 heavy (non-hydrogen) atoms. The van der Waals surface area contributed by atoms with Gasteiger partial charge in [-0.2, -0.15) is 0 Å². The number of halogens is 1. The Morgan fingerprint density at radius 3 is 2.21 bits per heavy atom. The summed E-state index contributed by atoms with van der Waals surface area (Å²) in [5.41, 5.74) is 2.12. The van der Waals surface area contributed by atoms with Crippen LogP contribution >= 0.6 is 0 Å². The van der Waals surface area contributed by atoms with Gasteiger partial charge >= 0.3 is 5.97 Å². The fraction of sp³-hybridized carbons (Fsp3) is 0.304. The van der Waals surface area contributed by atoms with Crippen LogP contribution in [0.25, 0.3) is 0 Å². The number of ether oxygens (including phenoxy) is 1. The summed E-state index contributed by atoms with van der Waals surface area (Å²) in [6.45, 7) is 0. The maximum Gasteiger partial charge on any atom is 0.344 e. The molecule has 146 valence electrons. The van der Waals surface area contributed by atoms with E-state index in [1.165, 1.54) is 36.3 Å². The van der Waals surface area contributed by atoms with Gasteiger partial charge < -0.3 is 9.84 Å². The van der Waals surface area contributed by atoms with Crippen molar-refractivity contribution in [3.05, 3.63) is 77.1 Å². The molecule has 0 fully saturated rings. The summed E-state index contributed by atoms with van der Waals surface area (Å²) in [5.74, 6) is -1.22. The number of hydrogen-bond donors (Lipinski definition) is 1. The molecule has 5 heteroatoms. The number of carbonyl (C=O) groups is 2. The highest BCUT2D eigenvalue weighted by Gasteiger charge is 2.20. The van der Waals surface area contributed by atoms with Gasteiger partial charge in [-0.1, -0.05) is 11.6 Å². The number of allylic oxidation sites excluding steroid dienone is 2. The lowest BCUT2D eigenvalue weighted by atomic mass is 9.95. The quantitative estimate of drug-likeness (QED) is 0.505. The van der Waals surface area contributed by atoms with Gasteiger partial charge in [0.1, 0.15) is 11.6 Å². The van der Waals surface area contributed by atoms with E-state index in [-0.39, 0.29) is 5.78 Å². The van der Waals surface area contributed by atoms with E-state index in [2.05, 4.69) is 6.08 Å². The highest BCUT2D eigenvalue weighted by Crippen LogP contribution is 2.24. The Bertz CT molecular complexity index is 853. The monoisotopic (exact) mass is 382 g/mol. The molecule has 0 amide bonds. The van der Waals surface area contributed by atoms with Gasteiger partial charge in [0.2, 0.25) is 0 Å². The van der Waals surface area contributed by atoms with Crippen molar-refractivity contribution in [2.45, 2.75) is 44.6 Å². The highest BCUT2D eigenvalue weighted by molar-refractivity contribution is 6.09. The van der Waals surface area contributed by atoms with Gasteiger partial charge in [0.15, 0.2) is 11.9 Å². The lowest BCUT2D eigenvalue weighted by Crippen LogP contribution is -2.27. The molecule has 0 saturated carbocycles. The van der Waals surface area contributed by atoms with Crippen LogP contribution in [0.15, 0.2) is 60.2 Å². The first-order chi connectivity index (χ1) is 13.5. The molecule has 1 aliphatic rings. The van der Waals surface area contributed by atoms with Gasteiger partial charge in [-0.3, -0.25) is 4.79 Å². The first kappa shape index (κ1) is 19.8. The predicted octanol–water partition coefficient (Wildman–Crippen LogP) is 5.17. The van der Waals surface area contributed by atoms with Gasteiger partial charge in [0.25, 0.3) is 0 Å². The molecule has 0 aliphatic heterocycles. The van der Waals surface area contributed by atoms with Gasteiger partial charge in [-0.05, 0) is 87.1 Å². The maximum atomic E-state index is 13.0. The van der Waals surface area contributed by atoms with Gasteiger partial charge in [0.05, 0.1) is 0 Å². The Morgan fingerprint density at radius 1 is 1.00 bits per heavy atom. The number of carbonyl (C=O) groups excluding carboxylic acids is 1. The molecule has 1 N–H and O–H groups in total. The van der Waals surface area contributed by atoms with Crippen molar-refractivity contribution < 1.29 is 23.8 Å². The number of ketones is 1. The Hall–Kier alpha value is -2.95. The third-order valence-electron chi connectivity index (χ3n) is 4.89. The Balaban J connectivity index is 1.62. The van der Waals surface area contributed by atoms with Crippen LogP contribution in [0.5, 0.6) is 5.75 Å². The van der Waals surface area contributed by atoms with Crippen LogP contribution in [-0.2, 0) is 4.79 Å². The molecule has 0 radical (unpaired) electrons. The van der Waals surface area contributed by atoms with Crippen molar-refractivity contribution in [3.8, 4) is 5.75 Å². The van der Waals surface area contributed by atoms with Crippen LogP contribution in [0.2, 0.25) is 0 Å². The number of carboxylic acid groups (broad SMARTS) is 1. The summed E-state index contributed by atoms with van der Waals surface area (Å²) in [5, 5.41) is 9.45. The number of hydrogen-bond acceptors (Lipinski definition) is 3. The average Bonchev–Trinajstić information content (AvgIpc) is 2.72. The summed E-state index contributed by atoms with van der Waals surface area (Å²) in [4.78, 5) is 23.9. The maximum absolute atomic E-state index is 13.0. The van der Waals surface area contributed by atoms with Crippen LogP contribution in [0, 0.1) is 5.82 Å². The van der Waals surface area contributed by atoms with Crippen molar-refractivity contribution in [2.75, 3.05) is 0 Å². The molecule has 0 aromatic heterocycles. The van der Waals surface area contributed by atoms with E-state index in [1.807, 2.05) is 0 Å². The van der Waals surface area contributed by atoms with Crippen molar-refractivity contribution >= 4 is 11.8 Å². The Labute approximate surface area is 163 Å². The zero-order chi connectivity index (χ0) is 19.9. The molecule has 0 bridgehead atoms. The normalized spacial score (nSPS) is 14.8. The molecule has 1 atom stereocenters. The van der Waals surface area contributed by atoms with E-state index >= 15 is 0 Å². The topological polar surface area (TPSA) is 63.6 Å². The molecule has 0 heterocycles. The summed E-state index contributed by atoms with van der Waals surface area (Å²) < 4.78 is 18.6. The molecule has 2 aromatic carbocycles. The Morgan fingerprint density at radius 2 is 1.64 bits per heavy atom. The molecular formula is C23H23FO4. The number of benzene rings is 2. The zero-order valence-electron chi connectivity index (χ0n) is 15.6. The SMILES string of the molecule is O=C(c1ccc(F)cc1)c1ccc(OC(CCC2=CCCCC2)C(=O)O)cc1. The molecular weight excluding hydrogens is 359 g/mol. The minimum Gasteiger partial charge on any atom is -0.479 e. The third-order valence-corrected chi connectivity index (χ3v) is 4.89. The van der Waals surface area contributed by atoms with E-state index in [0.29, 0.717) is 23.3 Å². The van der Waals surface area contributed by atoms with Crippen molar-refractivity contribution in [1.29, 1.82) is 0 Å². The van der Waals surface area contributed by atoms with Crippen LogP contribution in [0.4, 0.5) is 4.39 Å². The van der Waals surface area contributed by atoms with E-state index in [9.17, 15) is 19.1 Å². The molecule has 1 unspecified atom stereocenters. The molecule has 0 spiro atoms. The van der Waals surface area contributed by atoms with Crippen molar-refractivity contribution in [3.63, 3.8) is 0 Å². The summed E-state index contributed by atoms with van der Waals surface area (Å²) in [6, 6.07) is 11.7. The molecule has 1 aliphatic carbocycles. The third kappa shape index (κ3) is 5.28. The fourth-order valence-electron chi connectivity index (χ4n) is 3.30. The average molecular weight is 382 g/mol. The lowest BCUT2D eigenvalue weighted by molar-refractivity contribution is -0.145. The predicted molar refractivity (Wildman–Crippen MR) is 104 cm³/mol. The van der Waals surface area contributed by atoms with E-state index in [1.54, 1.807) is 24.3 Å². The van der Waals surface area contributed by atoms with Crippen LogP contribution in [0.1, 0.15) is 54.4 Å². The first-order valence-corrected chi connectivity index (χ1v) is 9.50. The van der Waals surface area contributed by atoms with Crippen LogP contribution < -0.4 is 4.74 Å². The van der Waals surface area contributed by atoms with E-state index in [4.69, 9.17) is 4.74 Å². The second-order valence-electron chi connectivity index (χ2n) is 6.95. The smallest absolute Gasteiger partial charge is 0.344 e. The van der Waals surface area contributed by atoms with E-state index in [0.717, 1.165) is 25.7 Å². The van der Waals surface area contributed by atoms with E-state index < -0.39 is 17.9 Å². The van der Waals surface area contributed by atoms with Crippen LogP contribution in [-0.4, -0.2) is 23.0 Å². The molecule has 0 saturated heterocycles. The minimum absolute atomic E-state index is 0.231. The van der Waals surface area contributed by atoms with Crippen molar-refractivity contribution in [1.82, 2.24) is 0 Å². The number of rotatable bonds is 8. The molecule has 2 aromatic rings. The number of aliphatic carboxylic acids is 1. The fourth-order valence-corrected chi connectivity index (χ4v) is 3.30. The minimum atomic E-state index is -0.997. The van der Waals surface area contributed by atoms with Gasteiger partial charge in [-0.15, -0.1) is 0 Å². The lowest BCUT2D eigenvalue weighted by Gasteiger charge is -2.18. The summed E-state index contributed by atoms with van der Waals surface area (Å²) in [6.07, 6.45) is 6.87. The number of carboxylic acids is 1. The van der Waals surface area contributed by atoms with Crippen molar-refractivity contribution in [2.24, 2.45) is 0 Å². The first-order valence-electron chi connectivity index (χ1n) is 9.50. The van der Waals surface area contributed by atoms with Crippen LogP contribution in [0.3, 0.4) is 0 Å². The second-order valence-corrected chi connectivity index (χ2v) is 6.95. The van der Waals surface area contributed by atoms with Gasteiger partial charge in [0, 0.05) is 11.1 Å². The standard InChI is InChI=1S/C23H23FO4/c24-19-11-7-17(8-12-19)22(25)18-9-13-20(14-10-18)28-21(23(26)27)15-6-16-4-2-1-3-5-16/h4,7-14,21H,1-3,5-6,15H2,(H,26,27). The summed E-state index contributed by atoms with van der Waals surface area (Å²) >= 11 is 0. The van der Waals surface area contributed by atoms with Gasteiger partial charge in [-0.25, -0.2) is 9.18 Å². The molecule has 4 nitrogen and oxygen atoms in total. The second kappa shape index (κ2) is 9.31. The highest BCUT2D eigenvalue weighted by atomic mass is 19.1.